The second-order valence-corrected chi connectivity index (χ2v) is 5.00. The fourth-order valence-electron chi connectivity index (χ4n) is 1.79. The Labute approximate surface area is 114 Å². The molecule has 0 atom stereocenters. The number of aromatic nitrogens is 1. The van der Waals surface area contributed by atoms with Crippen molar-refractivity contribution in [2.45, 2.75) is 33.0 Å². The molecule has 0 amide bonds. The molecule has 1 N–H and O–H groups in total. The van der Waals surface area contributed by atoms with Gasteiger partial charge in [-0.25, -0.2) is 4.98 Å². The fourth-order valence-corrected chi connectivity index (χ4v) is 1.79. The SMILES string of the molecule is CC(C)NCc1ccc(N(C)Cc2ccco2)nc1. The van der Waals surface area contributed by atoms with Gasteiger partial charge in [-0.15, -0.1) is 0 Å². The van der Waals surface area contributed by atoms with Crippen molar-refractivity contribution in [3.05, 3.63) is 48.0 Å². The largest absolute Gasteiger partial charge is 0.467 e. The van der Waals surface area contributed by atoms with Crippen LogP contribution in [0.2, 0.25) is 0 Å². The quantitative estimate of drug-likeness (QED) is 0.866. The smallest absolute Gasteiger partial charge is 0.128 e. The number of pyridine rings is 1. The van der Waals surface area contributed by atoms with E-state index in [1.165, 1.54) is 5.56 Å². The van der Waals surface area contributed by atoms with Gasteiger partial charge in [0.2, 0.25) is 0 Å². The van der Waals surface area contributed by atoms with Crippen LogP contribution in [0.1, 0.15) is 25.2 Å². The van der Waals surface area contributed by atoms with E-state index in [2.05, 4.69) is 35.1 Å². The third-order valence-electron chi connectivity index (χ3n) is 2.89. The van der Waals surface area contributed by atoms with Crippen LogP contribution in [0.5, 0.6) is 0 Å². The highest BCUT2D eigenvalue weighted by atomic mass is 16.3. The van der Waals surface area contributed by atoms with Crippen LogP contribution in [0.3, 0.4) is 0 Å². The predicted octanol–water partition coefficient (Wildman–Crippen LogP) is 2.81. The molecule has 19 heavy (non-hydrogen) atoms. The molecule has 0 fully saturated rings. The molecule has 0 saturated carbocycles. The lowest BCUT2D eigenvalue weighted by Crippen LogP contribution is -2.22. The van der Waals surface area contributed by atoms with E-state index in [0.717, 1.165) is 24.7 Å². The Hall–Kier alpha value is -1.81. The van der Waals surface area contributed by atoms with Gasteiger partial charge in [0, 0.05) is 25.8 Å². The zero-order valence-corrected chi connectivity index (χ0v) is 11.8. The van der Waals surface area contributed by atoms with Gasteiger partial charge in [-0.2, -0.15) is 0 Å². The molecular formula is C15H21N3O. The second-order valence-electron chi connectivity index (χ2n) is 5.00. The Bertz CT molecular complexity index is 477. The minimum atomic E-state index is 0.487. The molecule has 0 aliphatic heterocycles. The van der Waals surface area contributed by atoms with E-state index in [1.54, 1.807) is 6.26 Å². The van der Waals surface area contributed by atoms with E-state index in [4.69, 9.17) is 4.42 Å². The standard InChI is InChI=1S/C15H21N3O/c1-12(2)16-9-13-6-7-15(17-10-13)18(3)11-14-5-4-8-19-14/h4-8,10,12,16H,9,11H2,1-3H3. The summed E-state index contributed by atoms with van der Waals surface area (Å²) in [6.45, 7) is 5.86. The van der Waals surface area contributed by atoms with Crippen LogP contribution in [-0.4, -0.2) is 18.1 Å². The summed E-state index contributed by atoms with van der Waals surface area (Å²) in [5.41, 5.74) is 1.20. The molecule has 0 radical (unpaired) electrons. The van der Waals surface area contributed by atoms with E-state index in [-0.39, 0.29) is 0 Å². The first-order valence-electron chi connectivity index (χ1n) is 6.57. The van der Waals surface area contributed by atoms with Gasteiger partial charge in [0.05, 0.1) is 12.8 Å². The molecule has 102 valence electrons. The normalized spacial score (nSPS) is 10.9. The molecule has 2 aromatic heterocycles. The summed E-state index contributed by atoms with van der Waals surface area (Å²) in [4.78, 5) is 6.55. The van der Waals surface area contributed by atoms with Crippen LogP contribution in [0.25, 0.3) is 0 Å². The van der Waals surface area contributed by atoms with Crippen LogP contribution in [0, 0.1) is 0 Å². The van der Waals surface area contributed by atoms with Crippen LogP contribution in [-0.2, 0) is 13.1 Å². The molecule has 4 nitrogen and oxygen atoms in total. The summed E-state index contributed by atoms with van der Waals surface area (Å²) < 4.78 is 5.33. The maximum absolute atomic E-state index is 5.33. The van der Waals surface area contributed by atoms with Gasteiger partial charge in [0.15, 0.2) is 0 Å². The summed E-state index contributed by atoms with van der Waals surface area (Å²) in [5, 5.41) is 3.38. The van der Waals surface area contributed by atoms with Crippen molar-refractivity contribution in [3.8, 4) is 0 Å². The Kier molecular flexibility index (Phi) is 4.58. The number of hydrogen-bond donors (Lipinski definition) is 1. The first-order chi connectivity index (χ1) is 9.15. The molecule has 0 aliphatic carbocycles. The monoisotopic (exact) mass is 259 g/mol. The number of nitrogens with zero attached hydrogens (tertiary/aromatic N) is 2. The zero-order valence-electron chi connectivity index (χ0n) is 11.8. The van der Waals surface area contributed by atoms with E-state index < -0.39 is 0 Å². The van der Waals surface area contributed by atoms with Crippen molar-refractivity contribution >= 4 is 5.82 Å². The third-order valence-corrected chi connectivity index (χ3v) is 2.89. The van der Waals surface area contributed by atoms with Gasteiger partial charge >= 0.3 is 0 Å². The minimum Gasteiger partial charge on any atom is -0.467 e. The van der Waals surface area contributed by atoms with Crippen molar-refractivity contribution in [2.24, 2.45) is 0 Å². The van der Waals surface area contributed by atoms with E-state index >= 15 is 0 Å². The maximum atomic E-state index is 5.33. The van der Waals surface area contributed by atoms with Crippen molar-refractivity contribution in [3.63, 3.8) is 0 Å². The molecule has 0 bridgehead atoms. The lowest BCUT2D eigenvalue weighted by molar-refractivity contribution is 0.507. The number of nitrogens with one attached hydrogen (secondary N) is 1. The molecule has 0 saturated heterocycles. The first kappa shape index (κ1) is 13.6. The predicted molar refractivity (Wildman–Crippen MR) is 77.0 cm³/mol. The molecule has 0 aromatic carbocycles. The maximum Gasteiger partial charge on any atom is 0.128 e. The van der Waals surface area contributed by atoms with Gasteiger partial charge in [-0.05, 0) is 23.8 Å². The van der Waals surface area contributed by atoms with Crippen LogP contribution in [0.15, 0.2) is 41.1 Å². The average molecular weight is 259 g/mol. The number of anilines is 1. The molecular weight excluding hydrogens is 238 g/mol. The van der Waals surface area contributed by atoms with Crippen molar-refractivity contribution in [1.82, 2.24) is 10.3 Å². The van der Waals surface area contributed by atoms with Gasteiger partial charge in [-0.3, -0.25) is 0 Å². The fraction of sp³-hybridized carbons (Fsp3) is 0.400. The van der Waals surface area contributed by atoms with Crippen LogP contribution < -0.4 is 10.2 Å². The highest BCUT2D eigenvalue weighted by molar-refractivity contribution is 5.38. The minimum absolute atomic E-state index is 0.487. The number of hydrogen-bond acceptors (Lipinski definition) is 4. The number of rotatable bonds is 6. The van der Waals surface area contributed by atoms with E-state index in [0.29, 0.717) is 6.04 Å². The first-order valence-corrected chi connectivity index (χ1v) is 6.57. The van der Waals surface area contributed by atoms with Gasteiger partial charge in [0.25, 0.3) is 0 Å². The zero-order chi connectivity index (χ0) is 13.7. The Morgan fingerprint density at radius 1 is 1.32 bits per heavy atom. The summed E-state index contributed by atoms with van der Waals surface area (Å²) in [6, 6.07) is 8.51. The van der Waals surface area contributed by atoms with Crippen LogP contribution >= 0.6 is 0 Å². The second kappa shape index (κ2) is 6.38. The van der Waals surface area contributed by atoms with E-state index in [1.807, 2.05) is 31.4 Å². The molecule has 2 heterocycles. The van der Waals surface area contributed by atoms with Crippen molar-refractivity contribution in [2.75, 3.05) is 11.9 Å². The lowest BCUT2D eigenvalue weighted by Gasteiger charge is -2.17. The Morgan fingerprint density at radius 2 is 2.16 bits per heavy atom. The summed E-state index contributed by atoms with van der Waals surface area (Å²) in [7, 11) is 2.01. The number of furan rings is 1. The highest BCUT2D eigenvalue weighted by Crippen LogP contribution is 2.13. The highest BCUT2D eigenvalue weighted by Gasteiger charge is 2.05. The molecule has 4 heteroatoms. The molecule has 2 rings (SSSR count). The molecule has 0 aliphatic rings. The van der Waals surface area contributed by atoms with Gasteiger partial charge < -0.3 is 14.6 Å². The Balaban J connectivity index is 1.93. The Morgan fingerprint density at radius 3 is 2.74 bits per heavy atom. The summed E-state index contributed by atoms with van der Waals surface area (Å²) in [5.74, 6) is 1.89. The van der Waals surface area contributed by atoms with Gasteiger partial charge in [0.1, 0.15) is 11.6 Å². The summed E-state index contributed by atoms with van der Waals surface area (Å²) in [6.07, 6.45) is 3.61. The average Bonchev–Trinajstić information content (AvgIpc) is 2.89. The van der Waals surface area contributed by atoms with Crippen LogP contribution in [0.4, 0.5) is 5.82 Å². The molecule has 0 spiro atoms. The topological polar surface area (TPSA) is 41.3 Å². The van der Waals surface area contributed by atoms with Gasteiger partial charge in [-0.1, -0.05) is 19.9 Å². The van der Waals surface area contributed by atoms with Crippen molar-refractivity contribution < 1.29 is 4.42 Å². The molecule has 0 unspecified atom stereocenters. The van der Waals surface area contributed by atoms with Crippen molar-refractivity contribution in [1.29, 1.82) is 0 Å². The third kappa shape index (κ3) is 4.10. The lowest BCUT2D eigenvalue weighted by atomic mass is 10.2. The molecule has 2 aromatic rings. The summed E-state index contributed by atoms with van der Waals surface area (Å²) >= 11 is 0. The van der Waals surface area contributed by atoms with E-state index in [9.17, 15) is 0 Å².